The summed E-state index contributed by atoms with van der Waals surface area (Å²) in [7, 11) is 0. The number of aliphatic carboxylic acids is 1. The minimum absolute atomic E-state index is 0.254. The molecule has 2 rings (SSSR count). The summed E-state index contributed by atoms with van der Waals surface area (Å²) in [6.45, 7) is 1.53. The highest BCUT2D eigenvalue weighted by atomic mass is 16.6. The van der Waals surface area contributed by atoms with Crippen molar-refractivity contribution in [3.63, 3.8) is 0 Å². The largest absolute Gasteiger partial charge is 0.478 e. The molecule has 0 radical (unpaired) electrons. The second-order valence-corrected chi connectivity index (χ2v) is 3.46. The maximum atomic E-state index is 10.5. The van der Waals surface area contributed by atoms with Gasteiger partial charge in [-0.05, 0) is 12.8 Å². The molecular weight excluding hydrogens is 172 g/mol. The van der Waals surface area contributed by atoms with Crippen molar-refractivity contribution >= 4 is 5.97 Å². The van der Waals surface area contributed by atoms with Gasteiger partial charge >= 0.3 is 5.97 Å². The molecule has 2 atom stereocenters. The number of ether oxygens (including phenoxy) is 2. The third kappa shape index (κ3) is 3.16. The van der Waals surface area contributed by atoms with Crippen LogP contribution in [-0.2, 0) is 14.3 Å². The van der Waals surface area contributed by atoms with Crippen molar-refractivity contribution in [3.8, 4) is 0 Å². The van der Waals surface area contributed by atoms with Crippen LogP contribution in [0.2, 0.25) is 0 Å². The Morgan fingerprint density at radius 3 is 2.08 bits per heavy atom. The monoisotopic (exact) mass is 184 g/mol. The fourth-order valence-electron chi connectivity index (χ4n) is 1.33. The molecule has 2 saturated heterocycles. The topological polar surface area (TPSA) is 62.4 Å². The van der Waals surface area contributed by atoms with Gasteiger partial charge in [0.2, 0.25) is 0 Å². The molecule has 4 heteroatoms. The molecule has 0 saturated carbocycles. The molecule has 0 spiro atoms. The molecule has 0 aliphatic carbocycles. The molecule has 2 unspecified atom stereocenters. The fourth-order valence-corrected chi connectivity index (χ4v) is 1.33. The van der Waals surface area contributed by atoms with Gasteiger partial charge in [-0.3, -0.25) is 0 Å². The molecule has 2 aliphatic rings. The number of carboxylic acid groups (broad SMARTS) is 1. The molecule has 72 valence electrons. The Balaban J connectivity index is 1.87. The molecule has 0 aromatic rings. The lowest BCUT2D eigenvalue weighted by atomic mass is 10.1. The number of hydrogen-bond acceptors (Lipinski definition) is 3. The number of rotatable bonds is 5. The highest BCUT2D eigenvalue weighted by Crippen LogP contribution is 2.26. The van der Waals surface area contributed by atoms with E-state index in [4.69, 9.17) is 14.6 Å². The normalized spacial score (nSPS) is 29.5. The van der Waals surface area contributed by atoms with Crippen molar-refractivity contribution in [2.75, 3.05) is 13.2 Å². The van der Waals surface area contributed by atoms with Crippen LogP contribution in [0.1, 0.15) is 12.8 Å². The van der Waals surface area contributed by atoms with E-state index in [2.05, 4.69) is 0 Å². The zero-order chi connectivity index (χ0) is 9.26. The predicted octanol–water partition coefficient (Wildman–Crippen LogP) is 0.575. The van der Waals surface area contributed by atoms with Crippen LogP contribution in [0.25, 0.3) is 0 Å². The molecule has 0 aromatic heterocycles. The number of hydrogen-bond donors (Lipinski definition) is 1. The summed E-state index contributed by atoms with van der Waals surface area (Å²) >= 11 is 0. The molecule has 2 aliphatic heterocycles. The van der Waals surface area contributed by atoms with Gasteiger partial charge in [0.25, 0.3) is 0 Å². The zero-order valence-electron chi connectivity index (χ0n) is 7.23. The lowest BCUT2D eigenvalue weighted by molar-refractivity contribution is -0.131. The van der Waals surface area contributed by atoms with Gasteiger partial charge < -0.3 is 14.6 Å². The van der Waals surface area contributed by atoms with Crippen LogP contribution in [0.15, 0.2) is 11.6 Å². The van der Waals surface area contributed by atoms with Gasteiger partial charge in [-0.2, -0.15) is 0 Å². The summed E-state index contributed by atoms with van der Waals surface area (Å²) in [5.74, 6) is -0.878. The Morgan fingerprint density at radius 1 is 1.31 bits per heavy atom. The second kappa shape index (κ2) is 3.47. The minimum atomic E-state index is -0.878. The van der Waals surface area contributed by atoms with Crippen LogP contribution in [0.4, 0.5) is 0 Å². The first-order valence-electron chi connectivity index (χ1n) is 4.39. The van der Waals surface area contributed by atoms with Gasteiger partial charge in [0.05, 0.1) is 25.4 Å². The van der Waals surface area contributed by atoms with E-state index in [1.54, 1.807) is 0 Å². The van der Waals surface area contributed by atoms with Gasteiger partial charge in [-0.25, -0.2) is 4.79 Å². The number of epoxide rings is 2. The molecule has 2 heterocycles. The lowest BCUT2D eigenvalue weighted by Crippen LogP contribution is -1.99. The summed E-state index contributed by atoms with van der Waals surface area (Å²) in [5.41, 5.74) is 0.928. The summed E-state index contributed by atoms with van der Waals surface area (Å²) in [6, 6.07) is 0. The first-order valence-corrected chi connectivity index (χ1v) is 4.39. The Kier molecular flexibility index (Phi) is 2.33. The van der Waals surface area contributed by atoms with Crippen LogP contribution in [-0.4, -0.2) is 36.5 Å². The molecule has 1 N–H and O–H groups in total. The van der Waals surface area contributed by atoms with E-state index in [0.717, 1.165) is 31.6 Å². The Hall–Kier alpha value is -0.870. The quantitative estimate of drug-likeness (QED) is 0.501. The van der Waals surface area contributed by atoms with Crippen molar-refractivity contribution in [1.29, 1.82) is 0 Å². The molecule has 0 aromatic carbocycles. The van der Waals surface area contributed by atoms with Crippen LogP contribution < -0.4 is 0 Å². The molecule has 4 nitrogen and oxygen atoms in total. The van der Waals surface area contributed by atoms with E-state index < -0.39 is 5.97 Å². The van der Waals surface area contributed by atoms with Gasteiger partial charge in [-0.1, -0.05) is 5.57 Å². The summed E-state index contributed by atoms with van der Waals surface area (Å²) in [4.78, 5) is 10.5. The first kappa shape index (κ1) is 8.72. The van der Waals surface area contributed by atoms with Crippen LogP contribution in [0.3, 0.4) is 0 Å². The van der Waals surface area contributed by atoms with E-state index in [-0.39, 0.29) is 12.2 Å². The third-order valence-corrected chi connectivity index (χ3v) is 2.11. The second-order valence-electron chi connectivity index (χ2n) is 3.46. The van der Waals surface area contributed by atoms with E-state index in [0.29, 0.717) is 0 Å². The maximum absolute atomic E-state index is 10.5. The van der Waals surface area contributed by atoms with Crippen LogP contribution >= 0.6 is 0 Å². The predicted molar refractivity (Wildman–Crippen MR) is 44.4 cm³/mol. The fraction of sp³-hybridized carbons (Fsp3) is 0.667. The van der Waals surface area contributed by atoms with Gasteiger partial charge in [-0.15, -0.1) is 0 Å². The SMILES string of the molecule is O=C(O)C=C(CC1CO1)CC1CO1. The average Bonchev–Trinajstić information content (AvgIpc) is 2.79. The van der Waals surface area contributed by atoms with Gasteiger partial charge in [0.1, 0.15) is 0 Å². The molecule has 13 heavy (non-hydrogen) atoms. The minimum Gasteiger partial charge on any atom is -0.478 e. The zero-order valence-corrected chi connectivity index (χ0v) is 7.23. The molecule has 0 bridgehead atoms. The highest BCUT2D eigenvalue weighted by molar-refractivity contribution is 5.80. The van der Waals surface area contributed by atoms with Gasteiger partial charge in [0, 0.05) is 6.08 Å². The summed E-state index contributed by atoms with van der Waals surface area (Å²) in [5, 5.41) is 8.59. The van der Waals surface area contributed by atoms with Crippen molar-refractivity contribution in [3.05, 3.63) is 11.6 Å². The van der Waals surface area contributed by atoms with E-state index in [1.807, 2.05) is 0 Å². The smallest absolute Gasteiger partial charge is 0.328 e. The van der Waals surface area contributed by atoms with E-state index in [9.17, 15) is 4.79 Å². The third-order valence-electron chi connectivity index (χ3n) is 2.11. The average molecular weight is 184 g/mol. The molecular formula is C9H12O4. The Morgan fingerprint density at radius 2 is 1.77 bits per heavy atom. The lowest BCUT2D eigenvalue weighted by Gasteiger charge is -2.00. The van der Waals surface area contributed by atoms with Gasteiger partial charge in [0.15, 0.2) is 0 Å². The van der Waals surface area contributed by atoms with Crippen LogP contribution in [0.5, 0.6) is 0 Å². The Bertz CT molecular complexity index is 222. The van der Waals surface area contributed by atoms with Crippen molar-refractivity contribution in [2.24, 2.45) is 0 Å². The number of carbonyl (C=O) groups is 1. The summed E-state index contributed by atoms with van der Waals surface area (Å²) < 4.78 is 10.1. The van der Waals surface area contributed by atoms with E-state index in [1.165, 1.54) is 6.08 Å². The molecule has 0 amide bonds. The highest BCUT2D eigenvalue weighted by Gasteiger charge is 2.29. The van der Waals surface area contributed by atoms with Crippen molar-refractivity contribution < 1.29 is 19.4 Å². The Labute approximate surface area is 76.1 Å². The van der Waals surface area contributed by atoms with Crippen molar-refractivity contribution in [2.45, 2.75) is 25.0 Å². The maximum Gasteiger partial charge on any atom is 0.328 e. The van der Waals surface area contributed by atoms with Crippen LogP contribution in [0, 0.1) is 0 Å². The van der Waals surface area contributed by atoms with E-state index >= 15 is 0 Å². The first-order chi connectivity index (χ1) is 6.24. The standard InChI is InChI=1S/C9H12O4/c10-9(11)3-6(1-7-4-12-7)2-8-5-13-8/h3,7-8H,1-2,4-5H2,(H,10,11). The van der Waals surface area contributed by atoms with Crippen molar-refractivity contribution in [1.82, 2.24) is 0 Å². The number of carboxylic acids is 1. The molecule has 2 fully saturated rings. The summed E-state index contributed by atoms with van der Waals surface area (Å²) in [6.07, 6.45) is 3.27.